The monoisotopic (exact) mass is 462 g/mol. The summed E-state index contributed by atoms with van der Waals surface area (Å²) in [7, 11) is 3.53. The molecule has 0 spiro atoms. The highest BCUT2D eigenvalue weighted by Gasteiger charge is 2.38. The van der Waals surface area contributed by atoms with Crippen LogP contribution in [0.25, 0.3) is 33.4 Å². The summed E-state index contributed by atoms with van der Waals surface area (Å²) in [6.07, 6.45) is 2.64. The molecule has 2 aliphatic rings. The molecule has 1 aliphatic carbocycles. The molecule has 7 nitrogen and oxygen atoms in total. The van der Waals surface area contributed by atoms with Gasteiger partial charge in [0.25, 0.3) is 6.43 Å². The molecule has 1 aliphatic heterocycles. The fourth-order valence-electron chi connectivity index (χ4n) is 5.00. The van der Waals surface area contributed by atoms with Crippen LogP contribution in [0.1, 0.15) is 55.2 Å². The van der Waals surface area contributed by atoms with Gasteiger partial charge in [-0.05, 0) is 31.9 Å². The lowest BCUT2D eigenvalue weighted by molar-refractivity contribution is -0.135. The molecule has 0 unspecified atom stereocenters. The zero-order valence-corrected chi connectivity index (χ0v) is 19.2. The van der Waals surface area contributed by atoms with Gasteiger partial charge in [0.15, 0.2) is 0 Å². The summed E-state index contributed by atoms with van der Waals surface area (Å²) in [6, 6.07) is 6.81. The van der Waals surface area contributed by atoms with Crippen LogP contribution >= 0.6 is 0 Å². The number of amides is 1. The Labute approximate surface area is 195 Å². The number of hydrogen-bond acceptors (Lipinski definition) is 4. The summed E-state index contributed by atoms with van der Waals surface area (Å²) in [5.74, 6) is 1.32. The summed E-state index contributed by atoms with van der Waals surface area (Å²) in [6.45, 7) is 2.33. The largest absolute Gasteiger partial charge is 0.338 e. The van der Waals surface area contributed by atoms with E-state index in [-0.39, 0.29) is 23.2 Å². The Morgan fingerprint density at radius 3 is 2.59 bits per heavy atom. The maximum absolute atomic E-state index is 14.2. The van der Waals surface area contributed by atoms with Crippen LogP contribution in [0, 0.1) is 0 Å². The third-order valence-electron chi connectivity index (χ3n) is 6.84. The lowest BCUT2D eigenvalue weighted by atomic mass is 9.99. The van der Waals surface area contributed by atoms with E-state index >= 15 is 0 Å². The number of nitrogens with zero attached hydrogens (tertiary/aromatic N) is 6. The first-order valence-corrected chi connectivity index (χ1v) is 11.4. The van der Waals surface area contributed by atoms with Gasteiger partial charge in [-0.2, -0.15) is 5.10 Å². The first-order valence-electron chi connectivity index (χ1n) is 11.4. The molecule has 0 radical (unpaired) electrons. The van der Waals surface area contributed by atoms with E-state index in [1.807, 2.05) is 25.1 Å². The molecule has 3 aromatic heterocycles. The molecular weight excluding hydrogens is 438 g/mol. The van der Waals surface area contributed by atoms with Crippen LogP contribution < -0.4 is 0 Å². The number of hydrogen-bond donors (Lipinski definition) is 0. The zero-order chi connectivity index (χ0) is 23.7. The van der Waals surface area contributed by atoms with Crippen molar-refractivity contribution in [3.05, 3.63) is 53.7 Å². The number of likely N-dealkylation sites (N-methyl/N-ethyl adjacent to an activating group) is 1. The first kappa shape index (κ1) is 20.9. The van der Waals surface area contributed by atoms with Gasteiger partial charge < -0.3 is 9.47 Å². The molecule has 1 atom stereocenters. The molecule has 0 N–H and O–H groups in total. The summed E-state index contributed by atoms with van der Waals surface area (Å²) in [5.41, 5.74) is 3.71. The van der Waals surface area contributed by atoms with Gasteiger partial charge in [0, 0.05) is 48.3 Å². The highest BCUT2D eigenvalue weighted by Crippen LogP contribution is 2.45. The number of rotatable bonds is 4. The number of alkyl halides is 2. The summed E-state index contributed by atoms with van der Waals surface area (Å²) in [4.78, 5) is 24.1. The van der Waals surface area contributed by atoms with E-state index in [0.717, 1.165) is 35.6 Å². The van der Waals surface area contributed by atoms with Gasteiger partial charge >= 0.3 is 0 Å². The Kier molecular flexibility index (Phi) is 4.59. The van der Waals surface area contributed by atoms with E-state index in [0.29, 0.717) is 28.9 Å². The van der Waals surface area contributed by atoms with Gasteiger partial charge in [0.1, 0.15) is 11.9 Å². The van der Waals surface area contributed by atoms with Crippen molar-refractivity contribution in [1.82, 2.24) is 29.2 Å². The van der Waals surface area contributed by atoms with Gasteiger partial charge in [0.05, 0.1) is 35.3 Å². The zero-order valence-electron chi connectivity index (χ0n) is 19.2. The molecule has 1 amide bonds. The topological polar surface area (TPSA) is 68.8 Å². The van der Waals surface area contributed by atoms with Gasteiger partial charge in [-0.1, -0.05) is 12.1 Å². The Morgan fingerprint density at radius 1 is 1.12 bits per heavy atom. The van der Waals surface area contributed by atoms with Crippen molar-refractivity contribution in [2.24, 2.45) is 7.05 Å². The number of carbonyl (C=O) groups excluding carboxylic acids is 1. The maximum Gasteiger partial charge on any atom is 0.265 e. The molecule has 0 saturated heterocycles. The normalized spacial score (nSPS) is 18.2. The molecule has 34 heavy (non-hydrogen) atoms. The Bertz CT molecular complexity index is 1450. The number of pyridine rings is 1. The number of aromatic nitrogens is 5. The van der Waals surface area contributed by atoms with Crippen molar-refractivity contribution < 1.29 is 13.6 Å². The van der Waals surface area contributed by atoms with Crippen molar-refractivity contribution in [1.29, 1.82) is 0 Å². The summed E-state index contributed by atoms with van der Waals surface area (Å²) in [5, 5.41) is 4.74. The Hall–Kier alpha value is -3.62. The fourth-order valence-corrected chi connectivity index (χ4v) is 5.00. The van der Waals surface area contributed by atoms with Crippen LogP contribution in [0.2, 0.25) is 0 Å². The van der Waals surface area contributed by atoms with Crippen molar-refractivity contribution >= 4 is 16.8 Å². The molecule has 4 heterocycles. The van der Waals surface area contributed by atoms with Crippen LogP contribution in [-0.4, -0.2) is 42.2 Å². The number of aryl methyl sites for hydroxylation is 1. The van der Waals surface area contributed by atoms with Gasteiger partial charge in [-0.25, -0.2) is 18.7 Å². The third kappa shape index (κ3) is 3.13. The average Bonchev–Trinajstić information content (AvgIpc) is 3.46. The van der Waals surface area contributed by atoms with E-state index in [1.54, 1.807) is 36.1 Å². The minimum atomic E-state index is -2.69. The molecule has 9 heteroatoms. The van der Waals surface area contributed by atoms with Crippen molar-refractivity contribution in [2.45, 2.75) is 44.7 Å². The molecular formula is C25H24F2N6O. The van der Waals surface area contributed by atoms with Crippen LogP contribution in [-0.2, 0) is 18.4 Å². The highest BCUT2D eigenvalue weighted by atomic mass is 19.3. The smallest absolute Gasteiger partial charge is 0.265 e. The van der Waals surface area contributed by atoms with Crippen molar-refractivity contribution in [2.75, 3.05) is 7.05 Å². The van der Waals surface area contributed by atoms with E-state index in [1.165, 1.54) is 6.07 Å². The standard InChI is InChI=1S/C25H24F2N6O/c1-13-25(34)31(2)12-20-22(30-24(33(13)20)14-7-8-14)16-5-4-6-19-17(16)9-18(23(26)27)21(29-19)15-10-28-32(3)11-15/h4-6,9-11,13-14,23H,7-8,12H2,1-3H3/t13-/m1/s1. The molecule has 174 valence electrons. The van der Waals surface area contributed by atoms with E-state index < -0.39 is 6.43 Å². The fraction of sp³-hybridized carbons (Fsp3) is 0.360. The average molecular weight is 463 g/mol. The molecule has 1 fully saturated rings. The van der Waals surface area contributed by atoms with Crippen molar-refractivity contribution in [3.63, 3.8) is 0 Å². The second-order valence-corrected chi connectivity index (χ2v) is 9.28. The number of imidazole rings is 1. The summed E-state index contributed by atoms with van der Waals surface area (Å²) < 4.78 is 32.0. The van der Waals surface area contributed by atoms with Crippen molar-refractivity contribution in [3.8, 4) is 22.5 Å². The predicted molar refractivity (Wildman–Crippen MR) is 123 cm³/mol. The third-order valence-corrected chi connectivity index (χ3v) is 6.84. The SMILES string of the molecule is C[C@@H]1C(=O)N(C)Cc2c(-c3cccc4nc(-c5cnn(C)c5)c(C(F)F)cc34)nc(C3CC3)n21. The van der Waals surface area contributed by atoms with Crippen LogP contribution in [0.15, 0.2) is 36.7 Å². The van der Waals surface area contributed by atoms with Gasteiger partial charge in [0.2, 0.25) is 5.91 Å². The van der Waals surface area contributed by atoms with E-state index in [9.17, 15) is 13.6 Å². The molecule has 4 aromatic rings. The Morgan fingerprint density at radius 2 is 1.91 bits per heavy atom. The van der Waals surface area contributed by atoms with Crippen LogP contribution in [0.5, 0.6) is 0 Å². The summed E-state index contributed by atoms with van der Waals surface area (Å²) >= 11 is 0. The second kappa shape index (κ2) is 7.44. The number of halogens is 2. The number of carbonyl (C=O) groups is 1. The highest BCUT2D eigenvalue weighted by molar-refractivity contribution is 5.96. The second-order valence-electron chi connectivity index (χ2n) is 9.28. The predicted octanol–water partition coefficient (Wildman–Crippen LogP) is 4.85. The lowest BCUT2D eigenvalue weighted by Crippen LogP contribution is -2.39. The maximum atomic E-state index is 14.2. The molecule has 0 bridgehead atoms. The van der Waals surface area contributed by atoms with E-state index in [2.05, 4.69) is 14.6 Å². The van der Waals surface area contributed by atoms with Crippen LogP contribution in [0.3, 0.4) is 0 Å². The number of benzene rings is 1. The lowest BCUT2D eigenvalue weighted by Gasteiger charge is -2.31. The van der Waals surface area contributed by atoms with Crippen LogP contribution in [0.4, 0.5) is 8.78 Å². The minimum Gasteiger partial charge on any atom is -0.338 e. The molecule has 1 saturated carbocycles. The molecule has 6 rings (SSSR count). The first-order chi connectivity index (χ1) is 16.3. The minimum absolute atomic E-state index is 0.0547. The molecule has 1 aromatic carbocycles. The number of fused-ring (bicyclic) bond motifs is 2. The van der Waals surface area contributed by atoms with E-state index in [4.69, 9.17) is 4.98 Å². The Balaban J connectivity index is 1.59. The van der Waals surface area contributed by atoms with Gasteiger partial charge in [-0.3, -0.25) is 9.48 Å². The van der Waals surface area contributed by atoms with Gasteiger partial charge in [-0.15, -0.1) is 0 Å². The quantitative estimate of drug-likeness (QED) is 0.435.